The van der Waals surface area contributed by atoms with E-state index >= 15 is 0 Å². The fourth-order valence-electron chi connectivity index (χ4n) is 2.04. The van der Waals surface area contributed by atoms with Crippen molar-refractivity contribution in [2.45, 2.75) is 6.92 Å². The van der Waals surface area contributed by atoms with Crippen LogP contribution in [-0.4, -0.2) is 22.1 Å². The molecule has 5 heteroatoms. The Hall–Kier alpha value is -2.95. The monoisotopic (exact) mass is 292 g/mol. The molecular formula is C17H16N4O. The standard InChI is InChI=1S/C17H16N4O/c1-12-11-19-17(13-4-3-5-15(10-13)22-2)21-16(12)20-14-6-8-18-9-7-14/h3-11H,1-2H3,(H,18,19,20,21). The maximum atomic E-state index is 5.25. The highest BCUT2D eigenvalue weighted by Crippen LogP contribution is 2.24. The number of hydrogen-bond acceptors (Lipinski definition) is 5. The topological polar surface area (TPSA) is 59.9 Å². The number of methoxy groups -OCH3 is 1. The summed E-state index contributed by atoms with van der Waals surface area (Å²) in [5.41, 5.74) is 2.83. The summed E-state index contributed by atoms with van der Waals surface area (Å²) in [6, 6.07) is 11.5. The van der Waals surface area contributed by atoms with E-state index in [2.05, 4.69) is 20.3 Å². The summed E-state index contributed by atoms with van der Waals surface area (Å²) in [5, 5.41) is 3.29. The van der Waals surface area contributed by atoms with Crippen molar-refractivity contribution < 1.29 is 4.74 Å². The molecule has 110 valence electrons. The highest BCUT2D eigenvalue weighted by Gasteiger charge is 2.07. The molecule has 0 saturated carbocycles. The van der Waals surface area contributed by atoms with Gasteiger partial charge in [-0.15, -0.1) is 0 Å². The van der Waals surface area contributed by atoms with Crippen LogP contribution in [0.1, 0.15) is 5.56 Å². The zero-order valence-corrected chi connectivity index (χ0v) is 12.4. The minimum atomic E-state index is 0.654. The number of pyridine rings is 1. The Morgan fingerprint density at radius 2 is 1.91 bits per heavy atom. The quantitative estimate of drug-likeness (QED) is 0.796. The normalized spacial score (nSPS) is 10.3. The van der Waals surface area contributed by atoms with Gasteiger partial charge in [0.1, 0.15) is 11.6 Å². The molecule has 0 aliphatic carbocycles. The van der Waals surface area contributed by atoms with Gasteiger partial charge in [0.2, 0.25) is 0 Å². The molecule has 0 aliphatic heterocycles. The second-order valence-corrected chi connectivity index (χ2v) is 4.82. The van der Waals surface area contributed by atoms with Crippen molar-refractivity contribution in [3.8, 4) is 17.1 Å². The molecular weight excluding hydrogens is 276 g/mol. The Kier molecular flexibility index (Phi) is 3.96. The molecule has 0 radical (unpaired) electrons. The average Bonchev–Trinajstić information content (AvgIpc) is 2.58. The molecule has 0 spiro atoms. The summed E-state index contributed by atoms with van der Waals surface area (Å²) in [6.07, 6.45) is 5.29. The molecule has 5 nitrogen and oxygen atoms in total. The summed E-state index contributed by atoms with van der Waals surface area (Å²) >= 11 is 0. The number of nitrogens with one attached hydrogen (secondary N) is 1. The molecule has 22 heavy (non-hydrogen) atoms. The van der Waals surface area contributed by atoms with Crippen LogP contribution in [0.2, 0.25) is 0 Å². The van der Waals surface area contributed by atoms with E-state index in [9.17, 15) is 0 Å². The van der Waals surface area contributed by atoms with Gasteiger partial charge >= 0.3 is 0 Å². The first-order valence-corrected chi connectivity index (χ1v) is 6.91. The molecule has 3 rings (SSSR count). The van der Waals surface area contributed by atoms with Crippen LogP contribution in [0, 0.1) is 6.92 Å². The van der Waals surface area contributed by atoms with E-state index in [0.29, 0.717) is 5.82 Å². The van der Waals surface area contributed by atoms with Gasteiger partial charge in [-0.25, -0.2) is 9.97 Å². The van der Waals surface area contributed by atoms with Crippen molar-refractivity contribution in [1.29, 1.82) is 0 Å². The van der Waals surface area contributed by atoms with E-state index in [0.717, 1.165) is 28.4 Å². The third-order valence-corrected chi connectivity index (χ3v) is 3.24. The van der Waals surface area contributed by atoms with Gasteiger partial charge in [0, 0.05) is 35.4 Å². The number of rotatable bonds is 4. The second kappa shape index (κ2) is 6.22. The summed E-state index contributed by atoms with van der Waals surface area (Å²) in [4.78, 5) is 13.0. The molecule has 2 heterocycles. The van der Waals surface area contributed by atoms with Gasteiger partial charge in [-0.05, 0) is 31.2 Å². The Labute approximate surface area is 129 Å². The highest BCUT2D eigenvalue weighted by atomic mass is 16.5. The van der Waals surface area contributed by atoms with Crippen LogP contribution < -0.4 is 10.1 Å². The van der Waals surface area contributed by atoms with Gasteiger partial charge < -0.3 is 10.1 Å². The summed E-state index contributed by atoms with van der Waals surface area (Å²) in [7, 11) is 1.64. The van der Waals surface area contributed by atoms with Crippen LogP contribution in [-0.2, 0) is 0 Å². The van der Waals surface area contributed by atoms with Crippen molar-refractivity contribution in [3.63, 3.8) is 0 Å². The number of aromatic nitrogens is 3. The Morgan fingerprint density at radius 1 is 1.09 bits per heavy atom. The Bertz CT molecular complexity index is 775. The SMILES string of the molecule is COc1cccc(-c2ncc(C)c(Nc3ccncc3)n2)c1. The first kappa shape index (κ1) is 14.0. The second-order valence-electron chi connectivity index (χ2n) is 4.82. The van der Waals surface area contributed by atoms with E-state index < -0.39 is 0 Å². The molecule has 1 N–H and O–H groups in total. The fourth-order valence-corrected chi connectivity index (χ4v) is 2.04. The van der Waals surface area contributed by atoms with Crippen molar-refractivity contribution in [1.82, 2.24) is 15.0 Å². The summed E-state index contributed by atoms with van der Waals surface area (Å²) in [5.74, 6) is 2.21. The third-order valence-electron chi connectivity index (χ3n) is 3.24. The molecule has 0 unspecified atom stereocenters. The van der Waals surface area contributed by atoms with Crippen LogP contribution in [0.15, 0.2) is 55.0 Å². The lowest BCUT2D eigenvalue weighted by Crippen LogP contribution is -2.00. The number of anilines is 2. The number of hydrogen-bond donors (Lipinski definition) is 1. The lowest BCUT2D eigenvalue weighted by molar-refractivity contribution is 0.415. The summed E-state index contributed by atoms with van der Waals surface area (Å²) in [6.45, 7) is 1.97. The number of nitrogens with zero attached hydrogens (tertiary/aromatic N) is 3. The molecule has 0 aliphatic rings. The largest absolute Gasteiger partial charge is 0.497 e. The molecule has 0 amide bonds. The molecule has 2 aromatic heterocycles. The van der Waals surface area contributed by atoms with Gasteiger partial charge in [-0.3, -0.25) is 4.98 Å². The smallest absolute Gasteiger partial charge is 0.161 e. The lowest BCUT2D eigenvalue weighted by atomic mass is 10.2. The van der Waals surface area contributed by atoms with E-state index in [-0.39, 0.29) is 0 Å². The van der Waals surface area contributed by atoms with E-state index in [1.54, 1.807) is 19.5 Å². The minimum absolute atomic E-state index is 0.654. The van der Waals surface area contributed by atoms with Crippen LogP contribution in [0.3, 0.4) is 0 Å². The molecule has 3 aromatic rings. The molecule has 0 saturated heterocycles. The highest BCUT2D eigenvalue weighted by molar-refractivity contribution is 5.63. The van der Waals surface area contributed by atoms with Crippen LogP contribution in [0.4, 0.5) is 11.5 Å². The minimum Gasteiger partial charge on any atom is -0.497 e. The van der Waals surface area contributed by atoms with Gasteiger partial charge in [-0.1, -0.05) is 12.1 Å². The van der Waals surface area contributed by atoms with Crippen LogP contribution >= 0.6 is 0 Å². The average molecular weight is 292 g/mol. The van der Waals surface area contributed by atoms with E-state index in [1.807, 2.05) is 49.5 Å². The molecule has 0 bridgehead atoms. The molecule has 0 fully saturated rings. The maximum absolute atomic E-state index is 5.25. The van der Waals surface area contributed by atoms with Crippen LogP contribution in [0.25, 0.3) is 11.4 Å². The lowest BCUT2D eigenvalue weighted by Gasteiger charge is -2.10. The van der Waals surface area contributed by atoms with Gasteiger partial charge in [0.05, 0.1) is 7.11 Å². The Balaban J connectivity index is 1.95. The van der Waals surface area contributed by atoms with E-state index in [4.69, 9.17) is 4.74 Å². The fraction of sp³-hybridized carbons (Fsp3) is 0.118. The third kappa shape index (κ3) is 3.03. The predicted molar refractivity (Wildman–Crippen MR) is 86.3 cm³/mol. The summed E-state index contributed by atoms with van der Waals surface area (Å²) < 4.78 is 5.25. The number of aryl methyl sites for hydroxylation is 1. The maximum Gasteiger partial charge on any atom is 0.161 e. The Morgan fingerprint density at radius 3 is 2.68 bits per heavy atom. The molecule has 1 aromatic carbocycles. The van der Waals surface area contributed by atoms with E-state index in [1.165, 1.54) is 0 Å². The number of benzene rings is 1. The predicted octanol–water partition coefficient (Wildman–Crippen LogP) is 3.60. The first-order chi connectivity index (χ1) is 10.8. The van der Waals surface area contributed by atoms with Crippen LogP contribution in [0.5, 0.6) is 5.75 Å². The zero-order valence-electron chi connectivity index (χ0n) is 12.4. The van der Waals surface area contributed by atoms with Crippen molar-refractivity contribution in [2.24, 2.45) is 0 Å². The number of ether oxygens (including phenoxy) is 1. The van der Waals surface area contributed by atoms with Gasteiger partial charge in [0.25, 0.3) is 0 Å². The van der Waals surface area contributed by atoms with Crippen molar-refractivity contribution in [2.75, 3.05) is 12.4 Å². The van der Waals surface area contributed by atoms with Crippen molar-refractivity contribution in [3.05, 3.63) is 60.6 Å². The van der Waals surface area contributed by atoms with Gasteiger partial charge in [-0.2, -0.15) is 0 Å². The van der Waals surface area contributed by atoms with Crippen molar-refractivity contribution >= 4 is 11.5 Å². The first-order valence-electron chi connectivity index (χ1n) is 6.91. The zero-order chi connectivity index (χ0) is 15.4. The van der Waals surface area contributed by atoms with Gasteiger partial charge in [0.15, 0.2) is 5.82 Å². The molecule has 0 atom stereocenters.